The number of urea groups is 1. The summed E-state index contributed by atoms with van der Waals surface area (Å²) in [5, 5.41) is 8.45. The number of methoxy groups -OCH3 is 3. The van der Waals surface area contributed by atoms with Gasteiger partial charge in [0.25, 0.3) is 5.19 Å². The maximum absolute atomic E-state index is 11.8. The lowest BCUT2D eigenvalue weighted by atomic mass is 10.2. The minimum absolute atomic E-state index is 0.226. The van der Waals surface area contributed by atoms with Crippen LogP contribution in [0.1, 0.15) is 0 Å². The fourth-order valence-corrected chi connectivity index (χ4v) is 2.63. The SMILES string of the molecule is COc1nnc(N(C(N)=O)c2cc(Cl)c(OC)cc2OC)s1. The van der Waals surface area contributed by atoms with Crippen LogP contribution in [0.3, 0.4) is 0 Å². The number of benzene rings is 1. The molecule has 0 aliphatic heterocycles. The van der Waals surface area contributed by atoms with Gasteiger partial charge in [-0.25, -0.2) is 9.69 Å². The number of halogens is 1. The van der Waals surface area contributed by atoms with Crippen molar-refractivity contribution in [1.82, 2.24) is 10.2 Å². The van der Waals surface area contributed by atoms with E-state index in [9.17, 15) is 4.79 Å². The zero-order valence-electron chi connectivity index (χ0n) is 12.0. The van der Waals surface area contributed by atoms with E-state index in [4.69, 9.17) is 31.5 Å². The first-order valence-corrected chi connectivity index (χ1v) is 7.09. The van der Waals surface area contributed by atoms with E-state index in [0.29, 0.717) is 27.4 Å². The molecule has 2 amide bonds. The molecule has 0 aliphatic carbocycles. The summed E-state index contributed by atoms with van der Waals surface area (Å²) in [4.78, 5) is 13.0. The number of hydrogen-bond acceptors (Lipinski definition) is 7. The molecule has 0 fully saturated rings. The van der Waals surface area contributed by atoms with Crippen LogP contribution in [0.4, 0.5) is 15.6 Å². The molecule has 2 aromatic rings. The van der Waals surface area contributed by atoms with E-state index in [1.807, 2.05) is 0 Å². The van der Waals surface area contributed by atoms with Crippen molar-refractivity contribution in [3.05, 3.63) is 17.2 Å². The van der Waals surface area contributed by atoms with Gasteiger partial charge in [-0.15, -0.1) is 5.10 Å². The summed E-state index contributed by atoms with van der Waals surface area (Å²) in [5.74, 6) is 0.746. The molecule has 2 rings (SSSR count). The maximum Gasteiger partial charge on any atom is 0.325 e. The van der Waals surface area contributed by atoms with Gasteiger partial charge in [-0.3, -0.25) is 0 Å². The van der Waals surface area contributed by atoms with Crippen molar-refractivity contribution in [3.63, 3.8) is 0 Å². The van der Waals surface area contributed by atoms with Crippen LogP contribution in [0.25, 0.3) is 0 Å². The normalized spacial score (nSPS) is 10.2. The zero-order valence-corrected chi connectivity index (χ0v) is 13.6. The van der Waals surface area contributed by atoms with E-state index in [-0.39, 0.29) is 5.13 Å². The first-order valence-electron chi connectivity index (χ1n) is 5.90. The third-order valence-corrected chi connectivity index (χ3v) is 3.84. The van der Waals surface area contributed by atoms with E-state index in [1.165, 1.54) is 27.4 Å². The van der Waals surface area contributed by atoms with E-state index < -0.39 is 6.03 Å². The molecule has 2 N–H and O–H groups in total. The molecular formula is C12H13ClN4O4S. The van der Waals surface area contributed by atoms with Crippen molar-refractivity contribution >= 4 is 39.8 Å². The Balaban J connectivity index is 2.57. The van der Waals surface area contributed by atoms with Crippen molar-refractivity contribution in [2.24, 2.45) is 5.73 Å². The molecule has 1 aromatic carbocycles. The quantitative estimate of drug-likeness (QED) is 0.894. The van der Waals surface area contributed by atoms with Gasteiger partial charge in [0.05, 0.1) is 32.0 Å². The summed E-state index contributed by atoms with van der Waals surface area (Å²) < 4.78 is 15.3. The molecular weight excluding hydrogens is 332 g/mol. The third kappa shape index (κ3) is 3.00. The average molecular weight is 345 g/mol. The fourth-order valence-electron chi connectivity index (χ4n) is 1.71. The van der Waals surface area contributed by atoms with Crippen molar-refractivity contribution < 1.29 is 19.0 Å². The fraction of sp³-hybridized carbons (Fsp3) is 0.250. The summed E-state index contributed by atoms with van der Waals surface area (Å²) in [5.41, 5.74) is 5.77. The number of amides is 2. The Kier molecular flexibility index (Phi) is 4.88. The zero-order chi connectivity index (χ0) is 16.3. The number of ether oxygens (including phenoxy) is 3. The molecule has 0 saturated carbocycles. The Morgan fingerprint density at radius 3 is 2.36 bits per heavy atom. The number of anilines is 2. The molecule has 0 aliphatic rings. The van der Waals surface area contributed by atoms with Crippen LogP contribution >= 0.6 is 22.9 Å². The minimum Gasteiger partial charge on any atom is -0.495 e. The van der Waals surface area contributed by atoms with Crippen LogP contribution in [0.5, 0.6) is 16.7 Å². The Bertz CT molecular complexity index is 694. The lowest BCUT2D eigenvalue weighted by Crippen LogP contribution is -2.31. The van der Waals surface area contributed by atoms with Crippen LogP contribution in [0, 0.1) is 0 Å². The summed E-state index contributed by atoms with van der Waals surface area (Å²) >= 11 is 7.16. The molecule has 118 valence electrons. The largest absolute Gasteiger partial charge is 0.495 e. The van der Waals surface area contributed by atoms with Crippen molar-refractivity contribution in [3.8, 4) is 16.7 Å². The van der Waals surface area contributed by atoms with Gasteiger partial charge >= 0.3 is 6.03 Å². The van der Waals surface area contributed by atoms with Gasteiger partial charge in [0, 0.05) is 6.07 Å². The maximum atomic E-state index is 11.8. The van der Waals surface area contributed by atoms with E-state index in [1.54, 1.807) is 6.07 Å². The molecule has 8 nitrogen and oxygen atoms in total. The predicted molar refractivity (Wildman–Crippen MR) is 82.7 cm³/mol. The van der Waals surface area contributed by atoms with Gasteiger partial charge in [0.15, 0.2) is 0 Å². The lowest BCUT2D eigenvalue weighted by molar-refractivity contribution is 0.256. The standard InChI is InChI=1S/C12H13ClN4O4S/c1-19-8-5-9(20-2)7(4-6(8)13)17(10(14)18)11-15-16-12(21-3)22-11/h4-5H,1-3H3,(H2,14,18). The molecule has 10 heteroatoms. The third-order valence-electron chi connectivity index (χ3n) is 2.68. The highest BCUT2D eigenvalue weighted by Gasteiger charge is 2.25. The molecule has 1 aromatic heterocycles. The van der Waals surface area contributed by atoms with Gasteiger partial charge in [-0.1, -0.05) is 16.7 Å². The van der Waals surface area contributed by atoms with E-state index >= 15 is 0 Å². The molecule has 22 heavy (non-hydrogen) atoms. The van der Waals surface area contributed by atoms with Crippen LogP contribution in [-0.4, -0.2) is 37.6 Å². The highest BCUT2D eigenvalue weighted by atomic mass is 35.5. The molecule has 0 saturated heterocycles. The number of aromatic nitrogens is 2. The van der Waals surface area contributed by atoms with Gasteiger partial charge < -0.3 is 19.9 Å². The summed E-state index contributed by atoms with van der Waals surface area (Å²) in [6, 6.07) is 2.28. The number of rotatable bonds is 5. The Morgan fingerprint density at radius 1 is 1.18 bits per heavy atom. The van der Waals surface area contributed by atoms with Gasteiger partial charge in [-0.2, -0.15) is 0 Å². The lowest BCUT2D eigenvalue weighted by Gasteiger charge is -2.20. The molecule has 0 unspecified atom stereocenters. The van der Waals surface area contributed by atoms with Crippen molar-refractivity contribution in [2.75, 3.05) is 26.2 Å². The number of nitrogens with two attached hydrogens (primary N) is 1. The van der Waals surface area contributed by atoms with Crippen LogP contribution in [0.2, 0.25) is 5.02 Å². The smallest absolute Gasteiger partial charge is 0.325 e. The Labute approximate surface area is 135 Å². The number of carbonyl (C=O) groups is 1. The van der Waals surface area contributed by atoms with Gasteiger partial charge in [-0.05, 0) is 17.4 Å². The van der Waals surface area contributed by atoms with Crippen molar-refractivity contribution in [2.45, 2.75) is 0 Å². The van der Waals surface area contributed by atoms with Crippen LogP contribution in [-0.2, 0) is 0 Å². The molecule has 1 heterocycles. The van der Waals surface area contributed by atoms with Crippen LogP contribution in [0.15, 0.2) is 12.1 Å². The predicted octanol–water partition coefficient (Wildman–Crippen LogP) is 2.43. The highest BCUT2D eigenvalue weighted by Crippen LogP contribution is 2.41. The molecule has 0 radical (unpaired) electrons. The minimum atomic E-state index is -0.765. The second-order valence-corrected chi connectivity index (χ2v) is 5.21. The van der Waals surface area contributed by atoms with Crippen molar-refractivity contribution in [1.29, 1.82) is 0 Å². The summed E-state index contributed by atoms with van der Waals surface area (Å²) in [6.07, 6.45) is 0. The second-order valence-electron chi connectivity index (χ2n) is 3.89. The summed E-state index contributed by atoms with van der Waals surface area (Å²) in [6.45, 7) is 0. The monoisotopic (exact) mass is 344 g/mol. The van der Waals surface area contributed by atoms with Gasteiger partial charge in [0.1, 0.15) is 11.5 Å². The average Bonchev–Trinajstić information content (AvgIpc) is 2.96. The Morgan fingerprint density at radius 2 is 1.86 bits per heavy atom. The number of hydrogen-bond donors (Lipinski definition) is 1. The molecule has 0 spiro atoms. The first kappa shape index (κ1) is 16.1. The molecule has 0 bridgehead atoms. The van der Waals surface area contributed by atoms with Gasteiger partial charge in [0.2, 0.25) is 5.13 Å². The highest BCUT2D eigenvalue weighted by molar-refractivity contribution is 7.17. The summed E-state index contributed by atoms with van der Waals surface area (Å²) in [7, 11) is 4.37. The second kappa shape index (κ2) is 6.67. The van der Waals surface area contributed by atoms with E-state index in [2.05, 4.69) is 10.2 Å². The number of primary amides is 1. The molecule has 0 atom stereocenters. The van der Waals surface area contributed by atoms with Crippen LogP contribution < -0.4 is 24.8 Å². The first-order chi connectivity index (χ1) is 10.5. The Hall–Kier alpha value is -2.26. The number of carbonyl (C=O) groups excluding carboxylic acids is 1. The topological polar surface area (TPSA) is 99.8 Å². The number of nitrogens with zero attached hydrogens (tertiary/aromatic N) is 3. The van der Waals surface area contributed by atoms with E-state index in [0.717, 1.165) is 16.2 Å².